The Bertz CT molecular complexity index is 365. The van der Waals surface area contributed by atoms with Gasteiger partial charge in [-0.2, -0.15) is 0 Å². The molecule has 1 aromatic carbocycles. The summed E-state index contributed by atoms with van der Waals surface area (Å²) in [7, 11) is 0. The van der Waals surface area contributed by atoms with Crippen LogP contribution in [-0.4, -0.2) is 47.5 Å². The zero-order valence-electron chi connectivity index (χ0n) is 13.0. The maximum atomic E-state index is 9.89. The molecule has 0 amide bonds. The number of aliphatic hydroxyl groups excluding tert-OH is 2. The quantitative estimate of drug-likeness (QED) is 0.729. The van der Waals surface area contributed by atoms with Gasteiger partial charge in [-0.15, -0.1) is 0 Å². The largest absolute Gasteiger partial charge is 0.395 e. The maximum absolute atomic E-state index is 9.89. The number of nitrogens with zero attached hydrogens (tertiary/aromatic N) is 1. The standard InChI is InChI=1S/C17H29NO2/c1-4-16(5-2)18(11-12-19)13-17(3,14-20)15-9-7-6-8-10-15/h6-10,16,19-20H,4-5,11-14H2,1-3H3. The third kappa shape index (κ3) is 4.30. The van der Waals surface area contributed by atoms with Gasteiger partial charge in [-0.25, -0.2) is 0 Å². The van der Waals surface area contributed by atoms with E-state index in [0.717, 1.165) is 24.9 Å². The van der Waals surface area contributed by atoms with Gasteiger partial charge in [0.15, 0.2) is 0 Å². The lowest BCUT2D eigenvalue weighted by atomic mass is 9.82. The Hall–Kier alpha value is -0.900. The molecule has 0 spiro atoms. The van der Waals surface area contributed by atoms with Gasteiger partial charge in [-0.1, -0.05) is 51.1 Å². The summed E-state index contributed by atoms with van der Waals surface area (Å²) in [5.74, 6) is 0. The fourth-order valence-corrected chi connectivity index (χ4v) is 2.85. The van der Waals surface area contributed by atoms with Gasteiger partial charge in [0.05, 0.1) is 13.2 Å². The Balaban J connectivity index is 2.93. The van der Waals surface area contributed by atoms with E-state index in [2.05, 4.69) is 37.8 Å². The minimum atomic E-state index is -0.293. The highest BCUT2D eigenvalue weighted by Crippen LogP contribution is 2.26. The predicted molar refractivity (Wildman–Crippen MR) is 83.9 cm³/mol. The van der Waals surface area contributed by atoms with Crippen LogP contribution in [0.3, 0.4) is 0 Å². The normalized spacial score (nSPS) is 14.8. The lowest BCUT2D eigenvalue weighted by Gasteiger charge is -2.38. The molecule has 0 fully saturated rings. The van der Waals surface area contributed by atoms with Crippen molar-refractivity contribution >= 4 is 0 Å². The van der Waals surface area contributed by atoms with E-state index >= 15 is 0 Å². The van der Waals surface area contributed by atoms with Crippen molar-refractivity contribution in [3.05, 3.63) is 35.9 Å². The molecule has 0 saturated heterocycles. The first kappa shape index (κ1) is 17.2. The number of rotatable bonds is 9. The highest BCUT2D eigenvalue weighted by atomic mass is 16.3. The van der Waals surface area contributed by atoms with Crippen LogP contribution in [0.25, 0.3) is 0 Å². The molecule has 0 aliphatic rings. The zero-order chi connectivity index (χ0) is 15.0. The summed E-state index contributed by atoms with van der Waals surface area (Å²) in [6.07, 6.45) is 2.12. The zero-order valence-corrected chi connectivity index (χ0v) is 13.0. The van der Waals surface area contributed by atoms with Gasteiger partial charge in [-0.3, -0.25) is 4.90 Å². The minimum Gasteiger partial charge on any atom is -0.395 e. The number of hydrogen-bond donors (Lipinski definition) is 2. The molecule has 0 aliphatic heterocycles. The molecule has 3 heteroatoms. The summed E-state index contributed by atoms with van der Waals surface area (Å²) in [6.45, 7) is 8.14. The smallest absolute Gasteiger partial charge is 0.0558 e. The van der Waals surface area contributed by atoms with Crippen LogP contribution in [0.4, 0.5) is 0 Å². The Morgan fingerprint density at radius 2 is 1.70 bits per heavy atom. The number of benzene rings is 1. The predicted octanol–water partition coefficient (Wildman–Crippen LogP) is 2.42. The molecule has 0 heterocycles. The Morgan fingerprint density at radius 3 is 2.15 bits per heavy atom. The van der Waals surface area contributed by atoms with Crippen LogP contribution < -0.4 is 0 Å². The van der Waals surface area contributed by atoms with Gasteiger partial charge in [0.25, 0.3) is 0 Å². The molecule has 3 nitrogen and oxygen atoms in total. The minimum absolute atomic E-state index is 0.110. The van der Waals surface area contributed by atoms with Gasteiger partial charge in [0.2, 0.25) is 0 Å². The monoisotopic (exact) mass is 279 g/mol. The van der Waals surface area contributed by atoms with E-state index in [9.17, 15) is 10.2 Å². The molecular formula is C17H29NO2. The third-order valence-corrected chi connectivity index (χ3v) is 4.22. The van der Waals surface area contributed by atoms with E-state index in [0.29, 0.717) is 12.6 Å². The van der Waals surface area contributed by atoms with E-state index in [1.54, 1.807) is 0 Å². The van der Waals surface area contributed by atoms with Gasteiger partial charge < -0.3 is 10.2 Å². The fourth-order valence-electron chi connectivity index (χ4n) is 2.85. The Kier molecular flexibility index (Phi) is 7.20. The second kappa shape index (κ2) is 8.40. The van der Waals surface area contributed by atoms with Crippen LogP contribution >= 0.6 is 0 Å². The third-order valence-electron chi connectivity index (χ3n) is 4.22. The number of hydrogen-bond acceptors (Lipinski definition) is 3. The first-order valence-electron chi connectivity index (χ1n) is 7.62. The van der Waals surface area contributed by atoms with E-state index in [1.807, 2.05) is 18.2 Å². The average molecular weight is 279 g/mol. The van der Waals surface area contributed by atoms with Crippen LogP contribution in [-0.2, 0) is 5.41 Å². The lowest BCUT2D eigenvalue weighted by molar-refractivity contribution is 0.0904. The van der Waals surface area contributed by atoms with Gasteiger partial charge in [0.1, 0.15) is 0 Å². The Labute approximate surface area is 123 Å². The maximum Gasteiger partial charge on any atom is 0.0558 e. The van der Waals surface area contributed by atoms with Crippen molar-refractivity contribution in [3.63, 3.8) is 0 Å². The average Bonchev–Trinajstić information content (AvgIpc) is 2.49. The molecule has 2 N–H and O–H groups in total. The van der Waals surface area contributed by atoms with Crippen molar-refractivity contribution in [3.8, 4) is 0 Å². The van der Waals surface area contributed by atoms with Crippen molar-refractivity contribution in [1.29, 1.82) is 0 Å². The molecule has 1 atom stereocenters. The highest BCUT2D eigenvalue weighted by molar-refractivity contribution is 5.25. The molecule has 1 unspecified atom stereocenters. The SMILES string of the molecule is CCC(CC)N(CCO)CC(C)(CO)c1ccccc1. The molecule has 114 valence electrons. The topological polar surface area (TPSA) is 43.7 Å². The molecular weight excluding hydrogens is 250 g/mol. The molecule has 1 rings (SSSR count). The number of aliphatic hydroxyl groups is 2. The summed E-state index contributed by atoms with van der Waals surface area (Å²) < 4.78 is 0. The summed E-state index contributed by atoms with van der Waals surface area (Å²) in [5, 5.41) is 19.2. The fraction of sp³-hybridized carbons (Fsp3) is 0.647. The molecule has 0 saturated carbocycles. The second-order valence-corrected chi connectivity index (χ2v) is 5.75. The Morgan fingerprint density at radius 1 is 1.10 bits per heavy atom. The second-order valence-electron chi connectivity index (χ2n) is 5.75. The lowest BCUT2D eigenvalue weighted by Crippen LogP contribution is -2.47. The van der Waals surface area contributed by atoms with Gasteiger partial charge in [0, 0.05) is 24.5 Å². The summed E-state index contributed by atoms with van der Waals surface area (Å²) >= 11 is 0. The van der Waals surface area contributed by atoms with Crippen LogP contribution in [0, 0.1) is 0 Å². The van der Waals surface area contributed by atoms with Crippen LogP contribution in [0.15, 0.2) is 30.3 Å². The van der Waals surface area contributed by atoms with Crippen molar-refractivity contribution in [2.75, 3.05) is 26.3 Å². The molecule has 0 bridgehead atoms. The molecule has 0 aromatic heterocycles. The van der Waals surface area contributed by atoms with E-state index < -0.39 is 0 Å². The van der Waals surface area contributed by atoms with E-state index in [-0.39, 0.29) is 18.6 Å². The first-order valence-corrected chi connectivity index (χ1v) is 7.62. The van der Waals surface area contributed by atoms with Crippen LogP contribution in [0.5, 0.6) is 0 Å². The van der Waals surface area contributed by atoms with Crippen molar-refractivity contribution in [1.82, 2.24) is 4.90 Å². The van der Waals surface area contributed by atoms with Crippen LogP contribution in [0.2, 0.25) is 0 Å². The summed E-state index contributed by atoms with van der Waals surface area (Å²) in [5.41, 5.74) is 0.857. The van der Waals surface area contributed by atoms with Gasteiger partial charge in [-0.05, 0) is 18.4 Å². The van der Waals surface area contributed by atoms with Crippen LogP contribution in [0.1, 0.15) is 39.2 Å². The van der Waals surface area contributed by atoms with Crippen molar-refractivity contribution < 1.29 is 10.2 Å². The summed E-state index contributed by atoms with van der Waals surface area (Å²) in [6, 6.07) is 10.6. The first-order chi connectivity index (χ1) is 9.61. The molecule has 0 radical (unpaired) electrons. The van der Waals surface area contributed by atoms with E-state index in [4.69, 9.17) is 0 Å². The molecule has 20 heavy (non-hydrogen) atoms. The highest BCUT2D eigenvalue weighted by Gasteiger charge is 2.30. The molecule has 1 aromatic rings. The summed E-state index contributed by atoms with van der Waals surface area (Å²) in [4.78, 5) is 2.31. The van der Waals surface area contributed by atoms with E-state index in [1.165, 1.54) is 0 Å². The van der Waals surface area contributed by atoms with Crippen molar-refractivity contribution in [2.45, 2.75) is 45.1 Å². The van der Waals surface area contributed by atoms with Gasteiger partial charge >= 0.3 is 0 Å². The molecule has 0 aliphatic carbocycles. The van der Waals surface area contributed by atoms with Crippen molar-refractivity contribution in [2.24, 2.45) is 0 Å².